The summed E-state index contributed by atoms with van der Waals surface area (Å²) in [6, 6.07) is 5.39. The molecular weight excluding hydrogens is 508 g/mol. The van der Waals surface area contributed by atoms with E-state index in [0.717, 1.165) is 6.26 Å². The summed E-state index contributed by atoms with van der Waals surface area (Å²) in [5.74, 6) is -0.00460. The van der Waals surface area contributed by atoms with Crippen LogP contribution >= 0.6 is 0 Å². The van der Waals surface area contributed by atoms with Gasteiger partial charge in [0, 0.05) is 11.8 Å². The highest BCUT2D eigenvalue weighted by molar-refractivity contribution is 7.89. The minimum absolute atomic E-state index is 0.0225. The third-order valence-electron chi connectivity index (χ3n) is 6.80. The number of rotatable bonds is 6. The van der Waals surface area contributed by atoms with Crippen molar-refractivity contribution in [2.45, 2.75) is 12.0 Å². The first-order valence-corrected chi connectivity index (χ1v) is 13.2. The van der Waals surface area contributed by atoms with E-state index in [-0.39, 0.29) is 13.4 Å². The van der Waals surface area contributed by atoms with Crippen LogP contribution in [0.2, 0.25) is 0 Å². The molecule has 0 radical (unpaired) electrons. The molecule has 2 aromatic rings. The fourth-order valence-electron chi connectivity index (χ4n) is 5.37. The van der Waals surface area contributed by atoms with Crippen LogP contribution in [0.5, 0.6) is 28.7 Å². The summed E-state index contributed by atoms with van der Waals surface area (Å²) in [7, 11) is 0.686. The molecule has 0 aromatic heterocycles. The van der Waals surface area contributed by atoms with Crippen LogP contribution in [-0.4, -0.2) is 61.4 Å². The van der Waals surface area contributed by atoms with Crippen molar-refractivity contribution >= 4 is 22.0 Å². The monoisotopic (exact) mass is 534 g/mol. The Hall–Kier alpha value is -3.87. The summed E-state index contributed by atoms with van der Waals surface area (Å²) in [5.41, 5.74) is 2.02. The van der Waals surface area contributed by atoms with Crippen LogP contribution in [0.1, 0.15) is 28.7 Å². The number of carbonyl (C=O) groups is 2. The molecule has 1 fully saturated rings. The Morgan fingerprint density at radius 3 is 2.14 bits per heavy atom. The zero-order valence-electron chi connectivity index (χ0n) is 20.5. The minimum atomic E-state index is -3.81. The predicted octanol–water partition coefficient (Wildman–Crippen LogP) is 1.68. The fourth-order valence-corrected chi connectivity index (χ4v) is 5.76. The average molecular weight is 535 g/mol. The van der Waals surface area contributed by atoms with Crippen LogP contribution in [0.25, 0.3) is 0 Å². The van der Waals surface area contributed by atoms with E-state index in [1.54, 1.807) is 24.3 Å². The Bertz CT molecular complexity index is 1350. The number of esters is 1. The zero-order valence-corrected chi connectivity index (χ0v) is 21.3. The molecule has 3 aliphatic rings. The second-order valence-electron chi connectivity index (χ2n) is 8.92. The maximum absolute atomic E-state index is 13.1. The molecule has 2 heterocycles. The van der Waals surface area contributed by atoms with Gasteiger partial charge in [-0.3, -0.25) is 4.79 Å². The first-order valence-electron chi connectivity index (χ1n) is 11.3. The molecule has 0 saturated carbocycles. The summed E-state index contributed by atoms with van der Waals surface area (Å²) >= 11 is 0. The van der Waals surface area contributed by atoms with Crippen molar-refractivity contribution in [1.82, 2.24) is 10.0 Å². The van der Waals surface area contributed by atoms with E-state index in [9.17, 15) is 18.0 Å². The van der Waals surface area contributed by atoms with Gasteiger partial charge in [0.2, 0.25) is 22.6 Å². The van der Waals surface area contributed by atoms with Gasteiger partial charge in [0.1, 0.15) is 0 Å². The molecule has 5 rings (SSSR count). The second kappa shape index (κ2) is 9.21. The maximum atomic E-state index is 13.1. The largest absolute Gasteiger partial charge is 0.493 e. The number of benzene rings is 2. The molecule has 1 aliphatic carbocycles. The number of methoxy groups -OCH3 is 3. The van der Waals surface area contributed by atoms with Gasteiger partial charge in [-0.15, -0.1) is 0 Å². The number of amides is 2. The molecule has 0 bridgehead atoms. The van der Waals surface area contributed by atoms with Crippen LogP contribution in [0.15, 0.2) is 24.3 Å². The quantitative estimate of drug-likeness (QED) is 0.525. The number of carbonyl (C=O) groups excluding carboxylic acids is 2. The van der Waals surface area contributed by atoms with Gasteiger partial charge in [0.15, 0.2) is 23.0 Å². The molecule has 2 aliphatic heterocycles. The minimum Gasteiger partial charge on any atom is -0.493 e. The predicted molar refractivity (Wildman–Crippen MR) is 128 cm³/mol. The first-order chi connectivity index (χ1) is 17.6. The summed E-state index contributed by atoms with van der Waals surface area (Å²) in [6.07, 6.45) is 0.880. The van der Waals surface area contributed by atoms with Gasteiger partial charge >= 0.3 is 12.0 Å². The number of hydrogen-bond acceptors (Lipinski definition) is 10. The van der Waals surface area contributed by atoms with E-state index in [1.165, 1.54) is 21.3 Å². The number of hydrogen-bond donors (Lipinski definition) is 2. The molecular formula is C24H26N2O10S. The molecule has 12 nitrogen and oxygen atoms in total. The average Bonchev–Trinajstić information content (AvgIpc) is 3.47. The number of urea groups is 1. The lowest BCUT2D eigenvalue weighted by Crippen LogP contribution is -2.47. The molecule has 2 aromatic carbocycles. The topological polar surface area (TPSA) is 148 Å². The van der Waals surface area contributed by atoms with Gasteiger partial charge in [0.25, 0.3) is 0 Å². The van der Waals surface area contributed by atoms with E-state index in [2.05, 4.69) is 5.32 Å². The highest BCUT2D eigenvalue weighted by Crippen LogP contribution is 2.55. The normalized spacial score (nSPS) is 23.4. The lowest BCUT2D eigenvalue weighted by Gasteiger charge is -2.39. The molecule has 2 amide bonds. The summed E-state index contributed by atoms with van der Waals surface area (Å²) in [4.78, 5) is 25.7. The zero-order chi connectivity index (χ0) is 26.5. The third kappa shape index (κ3) is 4.32. The van der Waals surface area contributed by atoms with E-state index >= 15 is 0 Å². The van der Waals surface area contributed by atoms with Crippen LogP contribution in [-0.2, 0) is 19.6 Å². The smallest absolute Gasteiger partial charge is 0.328 e. The van der Waals surface area contributed by atoms with Crippen LogP contribution < -0.4 is 33.7 Å². The number of ether oxygens (including phenoxy) is 6. The Morgan fingerprint density at radius 2 is 1.57 bits per heavy atom. The molecule has 0 spiro atoms. The van der Waals surface area contributed by atoms with E-state index < -0.39 is 45.8 Å². The Balaban J connectivity index is 1.69. The molecule has 198 valence electrons. The van der Waals surface area contributed by atoms with Gasteiger partial charge in [-0.05, 0) is 41.0 Å². The molecule has 2 N–H and O–H groups in total. The van der Waals surface area contributed by atoms with Gasteiger partial charge in [-0.25, -0.2) is 17.9 Å². The molecule has 0 unspecified atom stereocenters. The van der Waals surface area contributed by atoms with E-state index in [4.69, 9.17) is 28.4 Å². The lowest BCUT2D eigenvalue weighted by molar-refractivity contribution is -0.141. The maximum Gasteiger partial charge on any atom is 0.328 e. The standard InChI is InChI=1S/C24H26N2O10S/c1-31-17-5-11(6-18(32-2)22(17)33-3)19-12-7-15-16(36-10-35-15)8-13(12)21(14-9-34-23(27)20(14)19)25-24(28)26-37(4,29)30/h5-8,14,19-21H,9-10H2,1-4H3,(H2,25,26,28)/t14-,19+,20-,21+/m0/s1. The van der Waals surface area contributed by atoms with Crippen molar-refractivity contribution in [3.05, 3.63) is 41.0 Å². The molecule has 1 saturated heterocycles. The molecule has 37 heavy (non-hydrogen) atoms. The first kappa shape index (κ1) is 24.8. The Morgan fingerprint density at radius 1 is 0.946 bits per heavy atom. The fraction of sp³-hybridized carbons (Fsp3) is 0.417. The number of nitrogens with one attached hydrogen (secondary N) is 2. The summed E-state index contributed by atoms with van der Waals surface area (Å²) < 4.78 is 58.4. The number of cyclic esters (lactones) is 1. The van der Waals surface area contributed by atoms with Gasteiger partial charge in [-0.1, -0.05) is 0 Å². The van der Waals surface area contributed by atoms with Crippen LogP contribution in [0.3, 0.4) is 0 Å². The number of sulfonamides is 1. The Labute approximate surface area is 213 Å². The van der Waals surface area contributed by atoms with Crippen molar-refractivity contribution in [3.8, 4) is 28.7 Å². The van der Waals surface area contributed by atoms with Crippen LogP contribution in [0, 0.1) is 11.8 Å². The van der Waals surface area contributed by atoms with Crippen LogP contribution in [0.4, 0.5) is 4.79 Å². The van der Waals surface area contributed by atoms with Gasteiger partial charge in [-0.2, -0.15) is 0 Å². The molecule has 13 heteroatoms. The third-order valence-corrected chi connectivity index (χ3v) is 7.35. The van der Waals surface area contributed by atoms with Crippen molar-refractivity contribution < 1.29 is 46.4 Å². The number of fused-ring (bicyclic) bond motifs is 3. The second-order valence-corrected chi connectivity index (χ2v) is 10.7. The SMILES string of the molecule is COc1cc([C@@H]2c3cc4c(cc3[C@@H](NC(=O)NS(C)(=O)=O)[C@H]3COC(=O)[C@H]23)OCO4)cc(OC)c1OC. The Kier molecular flexibility index (Phi) is 6.18. The van der Waals surface area contributed by atoms with Crippen molar-refractivity contribution in [2.24, 2.45) is 11.8 Å². The van der Waals surface area contributed by atoms with Crippen molar-refractivity contribution in [2.75, 3.05) is 41.0 Å². The van der Waals surface area contributed by atoms with E-state index in [1.807, 2.05) is 4.72 Å². The highest BCUT2D eigenvalue weighted by atomic mass is 32.2. The lowest BCUT2D eigenvalue weighted by atomic mass is 9.65. The van der Waals surface area contributed by atoms with Crippen molar-refractivity contribution in [3.63, 3.8) is 0 Å². The highest BCUT2D eigenvalue weighted by Gasteiger charge is 2.53. The van der Waals surface area contributed by atoms with Crippen molar-refractivity contribution in [1.29, 1.82) is 0 Å². The molecule has 4 atom stereocenters. The van der Waals surface area contributed by atoms with Gasteiger partial charge in [0.05, 0.1) is 46.2 Å². The summed E-state index contributed by atoms with van der Waals surface area (Å²) in [5, 5.41) is 2.72. The van der Waals surface area contributed by atoms with Gasteiger partial charge < -0.3 is 33.7 Å². The van der Waals surface area contributed by atoms with E-state index in [0.29, 0.717) is 45.4 Å². The summed E-state index contributed by atoms with van der Waals surface area (Å²) in [6.45, 7) is 0.0523.